The average molecular weight is 204 g/mol. The monoisotopic (exact) mass is 204 g/mol. The first kappa shape index (κ1) is 10.2. The number of halogens is 2. The van der Waals surface area contributed by atoms with Crippen molar-refractivity contribution in [2.24, 2.45) is 0 Å². The second-order valence-corrected chi connectivity index (χ2v) is 2.55. The predicted molar refractivity (Wildman–Crippen MR) is 41.3 cm³/mol. The number of para-hydroxylation sites is 1. The number of phenolic OH excluding ortho intramolecular Hbond substituents is 2. The van der Waals surface area contributed by atoms with E-state index in [1.807, 2.05) is 0 Å². The summed E-state index contributed by atoms with van der Waals surface area (Å²) in [6.07, 6.45) is 0. The van der Waals surface area contributed by atoms with Crippen LogP contribution in [0.4, 0.5) is 8.78 Å². The number of carboxylic acid groups (broad SMARTS) is 1. The molecule has 4 nitrogen and oxygen atoms in total. The lowest BCUT2D eigenvalue weighted by atomic mass is 10.1. The Labute approximate surface area is 77.0 Å². The lowest BCUT2D eigenvalue weighted by Crippen LogP contribution is -2.25. The van der Waals surface area contributed by atoms with Crippen LogP contribution in [0, 0.1) is 0 Å². The quantitative estimate of drug-likeness (QED) is 0.634. The lowest BCUT2D eigenvalue weighted by Gasteiger charge is -2.13. The van der Waals surface area contributed by atoms with Crippen LogP contribution in [-0.2, 0) is 10.7 Å². The van der Waals surface area contributed by atoms with E-state index in [0.29, 0.717) is 0 Å². The molecule has 0 aliphatic rings. The number of hydrogen-bond acceptors (Lipinski definition) is 3. The van der Waals surface area contributed by atoms with Gasteiger partial charge in [0.1, 0.15) is 0 Å². The highest BCUT2D eigenvalue weighted by atomic mass is 19.3. The molecular weight excluding hydrogens is 198 g/mol. The summed E-state index contributed by atoms with van der Waals surface area (Å²) < 4.78 is 25.7. The van der Waals surface area contributed by atoms with Crippen LogP contribution in [-0.4, -0.2) is 21.3 Å². The Balaban J connectivity index is 3.33. The van der Waals surface area contributed by atoms with Crippen LogP contribution in [0.2, 0.25) is 0 Å². The molecule has 0 amide bonds. The standard InChI is InChI=1S/C8H6F2O4/c9-8(10,7(13)14)4-2-1-3-5(11)6(4)12/h1-3,11-12H,(H,13,14). The minimum absolute atomic E-state index is 0.725. The highest BCUT2D eigenvalue weighted by Gasteiger charge is 2.43. The number of carbonyl (C=O) groups is 1. The van der Waals surface area contributed by atoms with E-state index >= 15 is 0 Å². The van der Waals surface area contributed by atoms with Gasteiger partial charge in [-0.25, -0.2) is 4.79 Å². The molecule has 76 valence electrons. The normalized spacial score (nSPS) is 11.3. The molecule has 14 heavy (non-hydrogen) atoms. The minimum Gasteiger partial charge on any atom is -0.504 e. The number of aromatic hydroxyl groups is 2. The summed E-state index contributed by atoms with van der Waals surface area (Å²) >= 11 is 0. The zero-order chi connectivity index (χ0) is 10.9. The second kappa shape index (κ2) is 3.13. The molecule has 1 aromatic rings. The largest absolute Gasteiger partial charge is 0.504 e. The highest BCUT2D eigenvalue weighted by molar-refractivity contribution is 5.78. The van der Waals surface area contributed by atoms with Crippen LogP contribution >= 0.6 is 0 Å². The molecule has 0 aromatic heterocycles. The molecule has 0 atom stereocenters. The van der Waals surface area contributed by atoms with Gasteiger partial charge in [0.15, 0.2) is 11.5 Å². The Bertz CT molecular complexity index is 376. The van der Waals surface area contributed by atoms with Gasteiger partial charge in [-0.15, -0.1) is 0 Å². The van der Waals surface area contributed by atoms with Crippen LogP contribution in [0.1, 0.15) is 5.56 Å². The second-order valence-electron chi connectivity index (χ2n) is 2.55. The Kier molecular flexibility index (Phi) is 2.29. The number of aliphatic carboxylic acids is 1. The highest BCUT2D eigenvalue weighted by Crippen LogP contribution is 2.39. The van der Waals surface area contributed by atoms with Crippen molar-refractivity contribution in [3.63, 3.8) is 0 Å². The Hall–Kier alpha value is -1.85. The van der Waals surface area contributed by atoms with Gasteiger partial charge in [0.2, 0.25) is 0 Å². The SMILES string of the molecule is O=C(O)C(F)(F)c1cccc(O)c1O. The van der Waals surface area contributed by atoms with Gasteiger partial charge >= 0.3 is 11.9 Å². The maximum Gasteiger partial charge on any atom is 0.379 e. The van der Waals surface area contributed by atoms with Crippen LogP contribution in [0.15, 0.2) is 18.2 Å². The summed E-state index contributed by atoms with van der Waals surface area (Å²) in [5.74, 6) is -8.52. The number of benzene rings is 1. The summed E-state index contributed by atoms with van der Waals surface area (Å²) in [5, 5.41) is 26.0. The van der Waals surface area contributed by atoms with E-state index in [9.17, 15) is 13.6 Å². The number of hydrogen-bond donors (Lipinski definition) is 3. The third-order valence-corrected chi connectivity index (χ3v) is 1.62. The lowest BCUT2D eigenvalue weighted by molar-refractivity contribution is -0.166. The van der Waals surface area contributed by atoms with Crippen molar-refractivity contribution in [1.29, 1.82) is 0 Å². The molecule has 0 saturated carbocycles. The number of rotatable bonds is 2. The number of carboxylic acids is 1. The van der Waals surface area contributed by atoms with Gasteiger partial charge in [0.05, 0.1) is 5.56 Å². The van der Waals surface area contributed by atoms with Crippen molar-refractivity contribution in [3.8, 4) is 11.5 Å². The van der Waals surface area contributed by atoms with E-state index in [-0.39, 0.29) is 0 Å². The molecular formula is C8H6F2O4. The summed E-state index contributed by atoms with van der Waals surface area (Å²) in [5.41, 5.74) is -1.13. The predicted octanol–water partition coefficient (Wildman–Crippen LogP) is 1.27. The molecule has 0 saturated heterocycles. The topological polar surface area (TPSA) is 77.8 Å². The molecule has 1 aromatic carbocycles. The summed E-state index contributed by atoms with van der Waals surface area (Å²) in [6.45, 7) is 0. The van der Waals surface area contributed by atoms with Crippen LogP contribution < -0.4 is 0 Å². The van der Waals surface area contributed by atoms with Gasteiger partial charge in [0, 0.05) is 0 Å². The summed E-state index contributed by atoms with van der Waals surface area (Å²) in [6, 6.07) is 2.71. The van der Waals surface area contributed by atoms with E-state index in [4.69, 9.17) is 15.3 Å². The smallest absolute Gasteiger partial charge is 0.379 e. The number of alkyl halides is 2. The number of phenols is 2. The van der Waals surface area contributed by atoms with Crippen molar-refractivity contribution in [2.45, 2.75) is 5.92 Å². The molecule has 1 rings (SSSR count). The van der Waals surface area contributed by atoms with Gasteiger partial charge in [-0.2, -0.15) is 8.78 Å². The fourth-order valence-electron chi connectivity index (χ4n) is 0.900. The van der Waals surface area contributed by atoms with Gasteiger partial charge in [-0.1, -0.05) is 6.07 Å². The third-order valence-electron chi connectivity index (χ3n) is 1.62. The van der Waals surface area contributed by atoms with Crippen molar-refractivity contribution < 1.29 is 28.9 Å². The zero-order valence-electron chi connectivity index (χ0n) is 6.74. The maximum atomic E-state index is 12.8. The minimum atomic E-state index is -4.22. The Morgan fingerprint density at radius 2 is 1.86 bits per heavy atom. The van der Waals surface area contributed by atoms with Crippen molar-refractivity contribution in [2.75, 3.05) is 0 Å². The molecule has 0 aliphatic heterocycles. The van der Waals surface area contributed by atoms with Crippen LogP contribution in [0.25, 0.3) is 0 Å². The van der Waals surface area contributed by atoms with E-state index in [1.165, 1.54) is 0 Å². The first-order valence-electron chi connectivity index (χ1n) is 3.50. The molecule has 0 heterocycles. The fraction of sp³-hybridized carbons (Fsp3) is 0.125. The third kappa shape index (κ3) is 1.46. The van der Waals surface area contributed by atoms with Gasteiger partial charge in [-0.3, -0.25) is 0 Å². The molecule has 0 bridgehead atoms. The van der Waals surface area contributed by atoms with E-state index in [1.54, 1.807) is 0 Å². The zero-order valence-corrected chi connectivity index (χ0v) is 6.74. The van der Waals surface area contributed by atoms with Gasteiger partial charge < -0.3 is 15.3 Å². The molecule has 0 unspecified atom stereocenters. The molecule has 0 aliphatic carbocycles. The maximum absolute atomic E-state index is 12.8. The van der Waals surface area contributed by atoms with Gasteiger partial charge in [0.25, 0.3) is 0 Å². The van der Waals surface area contributed by atoms with Crippen molar-refractivity contribution in [1.82, 2.24) is 0 Å². The first-order chi connectivity index (χ1) is 6.37. The van der Waals surface area contributed by atoms with E-state index in [0.717, 1.165) is 18.2 Å². The van der Waals surface area contributed by atoms with Crippen molar-refractivity contribution >= 4 is 5.97 Å². The Morgan fingerprint density at radius 3 is 2.36 bits per heavy atom. The van der Waals surface area contributed by atoms with Crippen LogP contribution in [0.5, 0.6) is 11.5 Å². The molecule has 3 N–H and O–H groups in total. The van der Waals surface area contributed by atoms with Crippen molar-refractivity contribution in [3.05, 3.63) is 23.8 Å². The summed E-state index contributed by atoms with van der Waals surface area (Å²) in [7, 11) is 0. The summed E-state index contributed by atoms with van der Waals surface area (Å²) in [4.78, 5) is 10.1. The first-order valence-corrected chi connectivity index (χ1v) is 3.50. The molecule has 6 heteroatoms. The molecule has 0 spiro atoms. The molecule has 0 radical (unpaired) electrons. The fourth-order valence-corrected chi connectivity index (χ4v) is 0.900. The average Bonchev–Trinajstić information content (AvgIpc) is 2.09. The Morgan fingerprint density at radius 1 is 1.29 bits per heavy atom. The van der Waals surface area contributed by atoms with Crippen LogP contribution in [0.3, 0.4) is 0 Å². The van der Waals surface area contributed by atoms with E-state index in [2.05, 4.69) is 0 Å². The van der Waals surface area contributed by atoms with E-state index < -0.39 is 29.0 Å². The van der Waals surface area contributed by atoms with Gasteiger partial charge in [-0.05, 0) is 12.1 Å². The molecule has 0 fully saturated rings.